The zero-order chi connectivity index (χ0) is 51.6. The molecule has 0 heterocycles. The van der Waals surface area contributed by atoms with Crippen LogP contribution in [0.3, 0.4) is 0 Å². The summed E-state index contributed by atoms with van der Waals surface area (Å²) in [5.41, 5.74) is 29.0. The summed E-state index contributed by atoms with van der Waals surface area (Å²) in [6.07, 6.45) is 0. The molecule has 0 fully saturated rings. The van der Waals surface area contributed by atoms with Gasteiger partial charge in [-0.1, -0.05) is 275 Å². The molecule has 0 amide bonds. The fourth-order valence-electron chi connectivity index (χ4n) is 8.95. The van der Waals surface area contributed by atoms with E-state index in [0.29, 0.717) is 0 Å². The van der Waals surface area contributed by atoms with Gasteiger partial charge in [-0.15, -0.1) is 0 Å². The van der Waals surface area contributed by atoms with Crippen LogP contribution in [-0.2, 0) is 0 Å². The number of hydrogen-bond donors (Lipinski definition) is 0. The van der Waals surface area contributed by atoms with Crippen molar-refractivity contribution in [3.63, 3.8) is 0 Å². The van der Waals surface area contributed by atoms with Crippen LogP contribution in [0.4, 0.5) is 0 Å². The second kappa shape index (κ2) is 26.4. The molecular weight excluding hydrogens is 865 g/mol. The quantitative estimate of drug-likeness (QED) is 0.161. The maximum absolute atomic E-state index is 2.25. The maximum Gasteiger partial charge on any atom is -0.0125 e. The predicted molar refractivity (Wildman–Crippen MR) is 316 cm³/mol. The molecule has 0 spiro atoms. The summed E-state index contributed by atoms with van der Waals surface area (Å²) in [4.78, 5) is 0. The highest BCUT2D eigenvalue weighted by Crippen LogP contribution is 2.29. The standard InChI is InChI=1S/2C15H16.3C14H14/c1-11-6-4-9-14(10-11)15-12(2)7-5-8-13(15)3;1-11-5-4-6-14(10-11)15-8-7-12(2)9-13(15)3;1-11-5-3-7-13(9-11)14-8-4-6-12(2)10-14;1-11-6-5-8-13(10-11)14-9-4-3-7-12(14)2;1-11-6-8-13(9-7-11)14-5-3-4-12(2)10-14/h2*4-10H,1-3H3;3*3-10H,1-2H3. The first-order valence-corrected chi connectivity index (χ1v) is 25.3. The minimum Gasteiger partial charge on any atom is -0.0620 e. The molecule has 0 aliphatic heterocycles. The van der Waals surface area contributed by atoms with E-state index in [9.17, 15) is 0 Å². The minimum absolute atomic E-state index is 1.29. The summed E-state index contributed by atoms with van der Waals surface area (Å²) in [6, 6.07) is 81.9. The van der Waals surface area contributed by atoms with Crippen LogP contribution < -0.4 is 0 Å². The third-order valence-corrected chi connectivity index (χ3v) is 12.7. The van der Waals surface area contributed by atoms with Gasteiger partial charge in [-0.25, -0.2) is 0 Å². The third-order valence-electron chi connectivity index (χ3n) is 12.7. The van der Waals surface area contributed by atoms with Gasteiger partial charge < -0.3 is 0 Å². The molecule has 362 valence electrons. The third kappa shape index (κ3) is 16.1. The molecule has 72 heavy (non-hydrogen) atoms. The van der Waals surface area contributed by atoms with Crippen LogP contribution in [0.15, 0.2) is 231 Å². The van der Waals surface area contributed by atoms with Crippen molar-refractivity contribution in [3.05, 3.63) is 297 Å². The van der Waals surface area contributed by atoms with E-state index in [1.165, 1.54) is 122 Å². The van der Waals surface area contributed by atoms with Crippen molar-refractivity contribution in [2.45, 2.75) is 83.1 Å². The topological polar surface area (TPSA) is 0 Å². The molecular formula is C72H74. The van der Waals surface area contributed by atoms with E-state index in [-0.39, 0.29) is 0 Å². The highest BCUT2D eigenvalue weighted by Gasteiger charge is 2.06. The van der Waals surface area contributed by atoms with Crippen molar-refractivity contribution in [1.29, 1.82) is 0 Å². The first-order valence-electron chi connectivity index (χ1n) is 25.3. The molecule has 0 saturated heterocycles. The van der Waals surface area contributed by atoms with Gasteiger partial charge in [0.1, 0.15) is 0 Å². The Bertz CT molecular complexity index is 3240. The van der Waals surface area contributed by atoms with Gasteiger partial charge in [-0.3, -0.25) is 0 Å². The zero-order valence-corrected chi connectivity index (χ0v) is 44.9. The van der Waals surface area contributed by atoms with E-state index < -0.39 is 0 Å². The summed E-state index contributed by atoms with van der Waals surface area (Å²) in [5, 5.41) is 0. The summed E-state index contributed by atoms with van der Waals surface area (Å²) in [6.45, 7) is 25.7. The van der Waals surface area contributed by atoms with Crippen LogP contribution in [-0.4, -0.2) is 0 Å². The molecule has 0 heteroatoms. The molecule has 0 nitrogen and oxygen atoms in total. The van der Waals surface area contributed by atoms with Crippen molar-refractivity contribution >= 4 is 0 Å². The van der Waals surface area contributed by atoms with Crippen molar-refractivity contribution in [3.8, 4) is 55.6 Å². The number of benzene rings is 10. The lowest BCUT2D eigenvalue weighted by molar-refractivity contribution is 1.37. The molecule has 0 saturated carbocycles. The van der Waals surface area contributed by atoms with Crippen LogP contribution in [0.1, 0.15) is 66.8 Å². The molecule has 0 N–H and O–H groups in total. The smallest absolute Gasteiger partial charge is 0.0125 e. The molecule has 10 rings (SSSR count). The summed E-state index contributed by atoms with van der Waals surface area (Å²) in [7, 11) is 0. The number of aryl methyl sites for hydroxylation is 12. The fourth-order valence-corrected chi connectivity index (χ4v) is 8.95. The summed E-state index contributed by atoms with van der Waals surface area (Å²) in [5.74, 6) is 0. The lowest BCUT2D eigenvalue weighted by atomic mass is 9.95. The molecule has 0 unspecified atom stereocenters. The first-order chi connectivity index (χ1) is 34.6. The number of hydrogen-bond acceptors (Lipinski definition) is 0. The van der Waals surface area contributed by atoms with Crippen molar-refractivity contribution < 1.29 is 0 Å². The Morgan fingerprint density at radius 2 is 0.472 bits per heavy atom. The summed E-state index contributed by atoms with van der Waals surface area (Å²) >= 11 is 0. The van der Waals surface area contributed by atoms with Gasteiger partial charge in [0.2, 0.25) is 0 Å². The van der Waals surface area contributed by atoms with E-state index in [2.05, 4.69) is 314 Å². The molecule has 0 bridgehead atoms. The van der Waals surface area contributed by atoms with Gasteiger partial charge in [0, 0.05) is 0 Å². The van der Waals surface area contributed by atoms with Crippen LogP contribution in [0, 0.1) is 83.1 Å². The molecule has 0 aliphatic carbocycles. The van der Waals surface area contributed by atoms with Gasteiger partial charge in [0.15, 0.2) is 0 Å². The van der Waals surface area contributed by atoms with E-state index in [1.807, 2.05) is 0 Å². The molecule has 0 atom stereocenters. The van der Waals surface area contributed by atoms with Gasteiger partial charge in [0.25, 0.3) is 0 Å². The Labute approximate surface area is 433 Å². The minimum atomic E-state index is 1.29. The second-order valence-corrected chi connectivity index (χ2v) is 19.5. The predicted octanol–water partition coefficient (Wildman–Crippen LogP) is 20.5. The van der Waals surface area contributed by atoms with Crippen molar-refractivity contribution in [2.75, 3.05) is 0 Å². The van der Waals surface area contributed by atoms with E-state index in [1.54, 1.807) is 0 Å². The SMILES string of the molecule is Cc1ccc(-c2cccc(C)c2)cc1.Cc1cccc(-c2c(C)cccc2C)c1.Cc1cccc(-c2ccc(C)cc2C)c1.Cc1cccc(-c2cccc(C)c2)c1.Cc1cccc(-c2ccccc2C)c1. The van der Waals surface area contributed by atoms with Crippen molar-refractivity contribution in [2.24, 2.45) is 0 Å². The molecule has 10 aromatic carbocycles. The Morgan fingerprint density at radius 1 is 0.167 bits per heavy atom. The fraction of sp³-hybridized carbons (Fsp3) is 0.167. The van der Waals surface area contributed by atoms with Crippen molar-refractivity contribution in [1.82, 2.24) is 0 Å². The molecule has 0 aliphatic rings. The van der Waals surface area contributed by atoms with E-state index in [0.717, 1.165) is 0 Å². The van der Waals surface area contributed by atoms with E-state index in [4.69, 9.17) is 0 Å². The number of rotatable bonds is 5. The zero-order valence-electron chi connectivity index (χ0n) is 44.9. The molecule has 10 aromatic rings. The highest BCUT2D eigenvalue weighted by molar-refractivity contribution is 5.72. The Kier molecular flexibility index (Phi) is 19.7. The van der Waals surface area contributed by atoms with Gasteiger partial charge >= 0.3 is 0 Å². The lowest BCUT2D eigenvalue weighted by Crippen LogP contribution is -1.87. The molecule has 0 aromatic heterocycles. The van der Waals surface area contributed by atoms with Crippen LogP contribution >= 0.6 is 0 Å². The van der Waals surface area contributed by atoms with E-state index >= 15 is 0 Å². The second-order valence-electron chi connectivity index (χ2n) is 19.5. The lowest BCUT2D eigenvalue weighted by Gasteiger charge is -2.10. The monoisotopic (exact) mass is 939 g/mol. The Hall–Kier alpha value is -7.80. The average Bonchev–Trinajstić information content (AvgIpc) is 3.35. The first kappa shape index (κ1) is 53.5. The van der Waals surface area contributed by atoms with Gasteiger partial charge in [0.05, 0.1) is 0 Å². The maximum atomic E-state index is 2.25. The van der Waals surface area contributed by atoms with Gasteiger partial charge in [-0.05, 0) is 161 Å². The summed E-state index contributed by atoms with van der Waals surface area (Å²) < 4.78 is 0. The van der Waals surface area contributed by atoms with Crippen LogP contribution in [0.2, 0.25) is 0 Å². The Balaban J connectivity index is 0.000000147. The van der Waals surface area contributed by atoms with Crippen LogP contribution in [0.25, 0.3) is 55.6 Å². The van der Waals surface area contributed by atoms with Gasteiger partial charge in [-0.2, -0.15) is 0 Å². The highest BCUT2D eigenvalue weighted by atomic mass is 14.1. The normalized spacial score (nSPS) is 10.2. The molecule has 0 radical (unpaired) electrons. The van der Waals surface area contributed by atoms with Crippen LogP contribution in [0.5, 0.6) is 0 Å². The average molecular weight is 939 g/mol. The largest absolute Gasteiger partial charge is 0.0620 e. The Morgan fingerprint density at radius 3 is 0.889 bits per heavy atom.